The standard InChI is InChI=1S/C22H26N2O2S/c1-23(2)20(25)13-17-14-22(19-6-4-3-5-18(17)19)8-10-24(11-9-22)21(26)16-7-12-27-15-16/h3-7,12,15,17H,8-11,13-14H2,1-2H3. The van der Waals surface area contributed by atoms with Gasteiger partial charge in [-0.15, -0.1) is 0 Å². The first-order valence-electron chi connectivity index (χ1n) is 9.61. The maximum atomic E-state index is 12.7. The Hall–Kier alpha value is -2.14. The van der Waals surface area contributed by atoms with Crippen molar-refractivity contribution in [1.82, 2.24) is 9.80 Å². The third-order valence-corrected chi connectivity index (χ3v) is 6.99. The van der Waals surface area contributed by atoms with E-state index in [4.69, 9.17) is 0 Å². The van der Waals surface area contributed by atoms with Gasteiger partial charge in [-0.2, -0.15) is 11.3 Å². The minimum Gasteiger partial charge on any atom is -0.349 e. The summed E-state index contributed by atoms with van der Waals surface area (Å²) >= 11 is 1.57. The molecule has 2 amide bonds. The molecule has 1 fully saturated rings. The van der Waals surface area contributed by atoms with Crippen molar-refractivity contribution in [3.05, 3.63) is 57.8 Å². The fourth-order valence-corrected chi connectivity index (χ4v) is 5.41. The van der Waals surface area contributed by atoms with E-state index in [2.05, 4.69) is 24.3 Å². The monoisotopic (exact) mass is 382 g/mol. The smallest absolute Gasteiger partial charge is 0.254 e. The predicted molar refractivity (Wildman–Crippen MR) is 108 cm³/mol. The van der Waals surface area contributed by atoms with Gasteiger partial charge in [0.15, 0.2) is 0 Å². The maximum absolute atomic E-state index is 12.7. The Morgan fingerprint density at radius 3 is 2.59 bits per heavy atom. The molecule has 142 valence electrons. The fourth-order valence-electron chi connectivity index (χ4n) is 4.78. The van der Waals surface area contributed by atoms with Gasteiger partial charge in [-0.1, -0.05) is 24.3 Å². The van der Waals surface area contributed by atoms with Crippen LogP contribution < -0.4 is 0 Å². The lowest BCUT2D eigenvalue weighted by molar-refractivity contribution is -0.129. The van der Waals surface area contributed by atoms with Crippen LogP contribution in [0.15, 0.2) is 41.1 Å². The van der Waals surface area contributed by atoms with Crippen LogP contribution in [-0.4, -0.2) is 48.8 Å². The number of nitrogens with zero attached hydrogens (tertiary/aromatic N) is 2. The molecule has 1 aliphatic carbocycles. The van der Waals surface area contributed by atoms with Crippen LogP contribution in [0.2, 0.25) is 0 Å². The molecule has 27 heavy (non-hydrogen) atoms. The topological polar surface area (TPSA) is 40.6 Å². The molecule has 4 nitrogen and oxygen atoms in total. The summed E-state index contributed by atoms with van der Waals surface area (Å²) in [4.78, 5) is 28.7. The number of amides is 2. The second kappa shape index (κ2) is 7.12. The number of rotatable bonds is 3. The van der Waals surface area contributed by atoms with Gasteiger partial charge in [0.05, 0.1) is 5.56 Å². The predicted octanol–water partition coefficient (Wildman–Crippen LogP) is 3.89. The minimum absolute atomic E-state index is 0.110. The summed E-state index contributed by atoms with van der Waals surface area (Å²) in [6, 6.07) is 10.5. The van der Waals surface area contributed by atoms with Crippen molar-refractivity contribution in [1.29, 1.82) is 0 Å². The lowest BCUT2D eigenvalue weighted by atomic mass is 9.73. The first-order chi connectivity index (χ1) is 13.0. The number of carbonyl (C=O) groups is 2. The number of piperidine rings is 1. The van der Waals surface area contributed by atoms with Crippen molar-refractivity contribution >= 4 is 23.2 Å². The maximum Gasteiger partial charge on any atom is 0.254 e. The van der Waals surface area contributed by atoms with Crippen molar-refractivity contribution in [2.45, 2.75) is 37.0 Å². The van der Waals surface area contributed by atoms with Gasteiger partial charge >= 0.3 is 0 Å². The summed E-state index contributed by atoms with van der Waals surface area (Å²) in [7, 11) is 3.65. The first kappa shape index (κ1) is 18.2. The van der Waals surface area contributed by atoms with Gasteiger partial charge in [0.2, 0.25) is 5.91 Å². The molecule has 2 aliphatic rings. The summed E-state index contributed by atoms with van der Waals surface area (Å²) in [5.74, 6) is 0.629. The molecule has 1 aromatic carbocycles. The van der Waals surface area contributed by atoms with E-state index in [0.717, 1.165) is 37.9 Å². The lowest BCUT2D eigenvalue weighted by Crippen LogP contribution is -2.44. The second-order valence-electron chi connectivity index (χ2n) is 8.07. The van der Waals surface area contributed by atoms with Crippen LogP contribution in [0.5, 0.6) is 0 Å². The number of benzene rings is 1. The Kier molecular flexibility index (Phi) is 4.81. The van der Waals surface area contributed by atoms with Gasteiger partial charge in [0.1, 0.15) is 0 Å². The Labute approximate surface area is 164 Å². The number of hydrogen-bond acceptors (Lipinski definition) is 3. The molecule has 0 N–H and O–H groups in total. The van der Waals surface area contributed by atoms with E-state index in [0.29, 0.717) is 6.42 Å². The Balaban J connectivity index is 1.52. The normalized spacial score (nSPS) is 20.5. The number of thiophene rings is 1. The van der Waals surface area contributed by atoms with Crippen LogP contribution in [0.3, 0.4) is 0 Å². The van der Waals surface area contributed by atoms with Crippen molar-refractivity contribution in [2.75, 3.05) is 27.2 Å². The summed E-state index contributed by atoms with van der Waals surface area (Å²) in [5.41, 5.74) is 3.66. The van der Waals surface area contributed by atoms with Gasteiger partial charge in [0.25, 0.3) is 5.91 Å². The van der Waals surface area contributed by atoms with E-state index in [9.17, 15) is 9.59 Å². The van der Waals surface area contributed by atoms with Gasteiger partial charge in [-0.3, -0.25) is 9.59 Å². The third-order valence-electron chi connectivity index (χ3n) is 6.30. The highest BCUT2D eigenvalue weighted by atomic mass is 32.1. The Morgan fingerprint density at radius 2 is 1.93 bits per heavy atom. The molecule has 0 radical (unpaired) electrons. The van der Waals surface area contributed by atoms with Gasteiger partial charge in [0, 0.05) is 39.0 Å². The van der Waals surface area contributed by atoms with Crippen LogP contribution in [0.1, 0.15) is 53.1 Å². The van der Waals surface area contributed by atoms with Gasteiger partial charge in [-0.25, -0.2) is 0 Å². The quantitative estimate of drug-likeness (QED) is 0.808. The summed E-state index contributed by atoms with van der Waals surface area (Å²) in [6.45, 7) is 1.58. The molecule has 4 rings (SSSR count). The molecule has 1 unspecified atom stereocenters. The highest BCUT2D eigenvalue weighted by Gasteiger charge is 2.46. The van der Waals surface area contributed by atoms with Crippen molar-refractivity contribution < 1.29 is 9.59 Å². The van der Waals surface area contributed by atoms with Crippen molar-refractivity contribution in [3.63, 3.8) is 0 Å². The average molecular weight is 383 g/mol. The molecule has 2 heterocycles. The van der Waals surface area contributed by atoms with Gasteiger partial charge < -0.3 is 9.80 Å². The summed E-state index contributed by atoms with van der Waals surface area (Å²) < 4.78 is 0. The first-order valence-corrected chi connectivity index (χ1v) is 10.6. The summed E-state index contributed by atoms with van der Waals surface area (Å²) in [5, 5.41) is 3.89. The second-order valence-corrected chi connectivity index (χ2v) is 8.85. The molecular formula is C22H26N2O2S. The van der Waals surface area contributed by atoms with E-state index in [-0.39, 0.29) is 23.1 Å². The molecule has 5 heteroatoms. The van der Waals surface area contributed by atoms with Crippen LogP contribution >= 0.6 is 11.3 Å². The highest BCUT2D eigenvalue weighted by molar-refractivity contribution is 7.08. The molecule has 1 saturated heterocycles. The molecule has 2 aromatic rings. The van der Waals surface area contributed by atoms with E-state index in [1.54, 1.807) is 16.2 Å². The highest BCUT2D eigenvalue weighted by Crippen LogP contribution is 2.52. The molecule has 1 aromatic heterocycles. The molecular weight excluding hydrogens is 356 g/mol. The van der Waals surface area contributed by atoms with E-state index < -0.39 is 0 Å². The Morgan fingerprint density at radius 1 is 1.19 bits per heavy atom. The van der Waals surface area contributed by atoms with Gasteiger partial charge in [-0.05, 0) is 53.2 Å². The number of hydrogen-bond donors (Lipinski definition) is 0. The largest absolute Gasteiger partial charge is 0.349 e. The molecule has 0 bridgehead atoms. The number of likely N-dealkylation sites (tertiary alicyclic amines) is 1. The van der Waals surface area contributed by atoms with Crippen LogP contribution in [-0.2, 0) is 10.2 Å². The van der Waals surface area contributed by atoms with Crippen LogP contribution in [0.4, 0.5) is 0 Å². The average Bonchev–Trinajstić information content (AvgIpc) is 3.30. The van der Waals surface area contributed by atoms with Crippen LogP contribution in [0, 0.1) is 0 Å². The van der Waals surface area contributed by atoms with Crippen LogP contribution in [0.25, 0.3) is 0 Å². The molecule has 0 saturated carbocycles. The lowest BCUT2D eigenvalue weighted by Gasteiger charge is -2.40. The molecule has 1 atom stereocenters. The summed E-state index contributed by atoms with van der Waals surface area (Å²) in [6.07, 6.45) is 3.55. The van der Waals surface area contributed by atoms with Crippen molar-refractivity contribution in [3.8, 4) is 0 Å². The van der Waals surface area contributed by atoms with Crippen molar-refractivity contribution in [2.24, 2.45) is 0 Å². The third kappa shape index (κ3) is 3.29. The van der Waals surface area contributed by atoms with E-state index in [1.807, 2.05) is 35.8 Å². The Bertz CT molecular complexity index is 836. The zero-order valence-corrected chi connectivity index (χ0v) is 16.8. The van der Waals surface area contributed by atoms with E-state index >= 15 is 0 Å². The van der Waals surface area contributed by atoms with E-state index in [1.165, 1.54) is 11.1 Å². The number of fused-ring (bicyclic) bond motifs is 2. The number of carbonyl (C=O) groups excluding carboxylic acids is 2. The minimum atomic E-state index is 0.110. The zero-order chi connectivity index (χ0) is 19.0. The molecule has 1 aliphatic heterocycles. The molecule has 1 spiro atoms. The SMILES string of the molecule is CN(C)C(=O)CC1CC2(CCN(C(=O)c3ccsc3)CC2)c2ccccc21. The zero-order valence-electron chi connectivity index (χ0n) is 16.0. The fraction of sp³-hybridized carbons (Fsp3) is 0.455.